The largest absolute Gasteiger partial charge is 0.506 e. The lowest BCUT2D eigenvalue weighted by atomic mass is 10.0. The number of halogens is 2. The van der Waals surface area contributed by atoms with Gasteiger partial charge in [0.1, 0.15) is 18.1 Å². The van der Waals surface area contributed by atoms with E-state index in [1.54, 1.807) is 24.3 Å². The Hall–Kier alpha value is -2.64. The highest BCUT2D eigenvalue weighted by Crippen LogP contribution is 2.32. The van der Waals surface area contributed by atoms with Crippen LogP contribution >= 0.6 is 31.9 Å². The quantitative estimate of drug-likeness (QED) is 0.250. The summed E-state index contributed by atoms with van der Waals surface area (Å²) in [5.74, 6) is 1.06. The van der Waals surface area contributed by atoms with Crippen molar-refractivity contribution in [3.63, 3.8) is 0 Å². The Balaban J connectivity index is 1.60. The first-order valence-electron chi connectivity index (χ1n) is 10.1. The van der Waals surface area contributed by atoms with E-state index in [1.165, 1.54) is 11.8 Å². The van der Waals surface area contributed by atoms with Crippen molar-refractivity contribution in [3.8, 4) is 11.5 Å². The smallest absolute Gasteiger partial charge is 0.271 e. The molecule has 0 aliphatic rings. The molecule has 3 rings (SSSR count). The van der Waals surface area contributed by atoms with Crippen molar-refractivity contribution in [2.75, 3.05) is 0 Å². The second-order valence-corrected chi connectivity index (χ2v) is 9.42. The molecule has 5 nitrogen and oxygen atoms in total. The minimum Gasteiger partial charge on any atom is -0.506 e. The van der Waals surface area contributed by atoms with Crippen LogP contribution in [0.15, 0.2) is 68.6 Å². The van der Waals surface area contributed by atoms with Crippen molar-refractivity contribution >= 4 is 44.0 Å². The minimum atomic E-state index is -0.314. The number of amides is 1. The molecule has 0 radical (unpaired) electrons. The molecule has 7 heteroatoms. The maximum Gasteiger partial charge on any atom is 0.271 e. The van der Waals surface area contributed by atoms with E-state index in [0.29, 0.717) is 32.6 Å². The number of nitrogens with zero attached hydrogens (tertiary/aromatic N) is 1. The van der Waals surface area contributed by atoms with Crippen LogP contribution < -0.4 is 10.2 Å². The molecular weight excluding hydrogens is 536 g/mol. The van der Waals surface area contributed by atoms with Crippen LogP contribution in [0.2, 0.25) is 0 Å². The summed E-state index contributed by atoms with van der Waals surface area (Å²) in [4.78, 5) is 12.4. The third kappa shape index (κ3) is 6.20. The van der Waals surface area contributed by atoms with Gasteiger partial charge < -0.3 is 9.84 Å². The number of ether oxygens (including phenoxy) is 1. The van der Waals surface area contributed by atoms with Gasteiger partial charge in [-0.1, -0.05) is 38.1 Å². The maximum atomic E-state index is 12.4. The molecule has 0 aliphatic carbocycles. The van der Waals surface area contributed by atoms with Gasteiger partial charge in [0.15, 0.2) is 0 Å². The van der Waals surface area contributed by atoms with Crippen LogP contribution in [0.4, 0.5) is 0 Å². The minimum absolute atomic E-state index is 0.109. The molecule has 0 heterocycles. The molecule has 0 aromatic heterocycles. The Morgan fingerprint density at radius 1 is 1.09 bits per heavy atom. The predicted molar refractivity (Wildman–Crippen MR) is 135 cm³/mol. The van der Waals surface area contributed by atoms with E-state index in [2.05, 4.69) is 74.4 Å². The predicted octanol–water partition coefficient (Wildman–Crippen LogP) is 6.69. The molecule has 0 saturated carbocycles. The molecule has 0 spiro atoms. The molecule has 32 heavy (non-hydrogen) atoms. The van der Waals surface area contributed by atoms with E-state index in [-0.39, 0.29) is 11.7 Å². The SMILES string of the molecule is Cc1ccc(C(C)C)c(OCc2ccc(C(=O)NN=Cc3cc(Br)c(O)c(Br)c3)cc2)c1. The highest BCUT2D eigenvalue weighted by Gasteiger charge is 2.09. The van der Waals surface area contributed by atoms with Crippen LogP contribution in [0.3, 0.4) is 0 Å². The van der Waals surface area contributed by atoms with Crippen molar-refractivity contribution in [2.45, 2.75) is 33.3 Å². The topological polar surface area (TPSA) is 70.9 Å². The van der Waals surface area contributed by atoms with Gasteiger partial charge in [-0.25, -0.2) is 5.43 Å². The first-order chi connectivity index (χ1) is 15.2. The van der Waals surface area contributed by atoms with E-state index in [0.717, 1.165) is 16.9 Å². The normalized spacial score (nSPS) is 11.2. The molecule has 1 amide bonds. The zero-order valence-corrected chi connectivity index (χ0v) is 21.2. The number of phenols is 1. The molecule has 0 unspecified atom stereocenters. The first-order valence-corrected chi connectivity index (χ1v) is 11.7. The number of aromatic hydroxyl groups is 1. The molecule has 3 aromatic rings. The summed E-state index contributed by atoms with van der Waals surface area (Å²) >= 11 is 6.53. The molecule has 0 bridgehead atoms. The van der Waals surface area contributed by atoms with Gasteiger partial charge in [-0.05, 0) is 97.3 Å². The average molecular weight is 560 g/mol. The number of aryl methyl sites for hydroxylation is 1. The van der Waals surface area contributed by atoms with Gasteiger partial charge in [-0.15, -0.1) is 0 Å². The second-order valence-electron chi connectivity index (χ2n) is 7.71. The maximum absolute atomic E-state index is 12.4. The molecule has 166 valence electrons. The monoisotopic (exact) mass is 558 g/mol. The summed E-state index contributed by atoms with van der Waals surface area (Å²) in [5, 5.41) is 13.7. The number of carbonyl (C=O) groups is 1. The number of hydrogen-bond donors (Lipinski definition) is 2. The lowest BCUT2D eigenvalue weighted by Crippen LogP contribution is -2.17. The molecule has 0 saturated heterocycles. The number of nitrogens with one attached hydrogen (secondary N) is 1. The van der Waals surface area contributed by atoms with Gasteiger partial charge in [0, 0.05) is 5.56 Å². The number of rotatable bonds is 7. The lowest BCUT2D eigenvalue weighted by molar-refractivity contribution is 0.0955. The third-order valence-corrected chi connectivity index (χ3v) is 6.03. The molecule has 3 aromatic carbocycles. The van der Waals surface area contributed by atoms with Crippen LogP contribution in [-0.2, 0) is 6.61 Å². The van der Waals surface area contributed by atoms with Crippen LogP contribution in [0.1, 0.15) is 52.4 Å². The molecule has 0 atom stereocenters. The van der Waals surface area contributed by atoms with E-state index < -0.39 is 0 Å². The van der Waals surface area contributed by atoms with Crippen molar-refractivity contribution in [2.24, 2.45) is 5.10 Å². The lowest BCUT2D eigenvalue weighted by Gasteiger charge is -2.15. The second kappa shape index (κ2) is 10.8. The Morgan fingerprint density at radius 3 is 2.38 bits per heavy atom. The zero-order valence-electron chi connectivity index (χ0n) is 18.0. The molecule has 0 fully saturated rings. The van der Waals surface area contributed by atoms with E-state index in [9.17, 15) is 9.90 Å². The number of carbonyl (C=O) groups excluding carboxylic acids is 1. The van der Waals surface area contributed by atoms with E-state index in [4.69, 9.17) is 4.74 Å². The zero-order chi connectivity index (χ0) is 23.3. The summed E-state index contributed by atoms with van der Waals surface area (Å²) in [7, 11) is 0. The Morgan fingerprint density at radius 2 is 1.75 bits per heavy atom. The number of hydrogen-bond acceptors (Lipinski definition) is 4. The summed E-state index contributed by atoms with van der Waals surface area (Å²) in [5.41, 5.74) is 7.03. The Labute approximate surface area is 204 Å². The fourth-order valence-electron chi connectivity index (χ4n) is 3.05. The van der Waals surface area contributed by atoms with Crippen LogP contribution in [0, 0.1) is 6.92 Å². The van der Waals surface area contributed by atoms with Gasteiger partial charge in [0.25, 0.3) is 5.91 Å². The van der Waals surface area contributed by atoms with Gasteiger partial charge in [0.2, 0.25) is 0 Å². The van der Waals surface area contributed by atoms with Gasteiger partial charge in [-0.3, -0.25) is 4.79 Å². The molecule has 0 aliphatic heterocycles. The van der Waals surface area contributed by atoms with E-state index >= 15 is 0 Å². The van der Waals surface area contributed by atoms with Gasteiger partial charge in [0.05, 0.1) is 15.2 Å². The van der Waals surface area contributed by atoms with Crippen LogP contribution in [-0.4, -0.2) is 17.2 Å². The van der Waals surface area contributed by atoms with Gasteiger partial charge >= 0.3 is 0 Å². The summed E-state index contributed by atoms with van der Waals surface area (Å²) in [6.07, 6.45) is 1.50. The van der Waals surface area contributed by atoms with Crippen LogP contribution in [0.25, 0.3) is 0 Å². The third-order valence-electron chi connectivity index (χ3n) is 4.82. The number of phenolic OH excluding ortho intramolecular Hbond substituents is 1. The first kappa shape index (κ1) is 24.0. The Bertz CT molecular complexity index is 1120. The Kier molecular flexibility index (Phi) is 8.10. The summed E-state index contributed by atoms with van der Waals surface area (Å²) in [6.45, 7) is 6.76. The van der Waals surface area contributed by atoms with Crippen molar-refractivity contribution in [3.05, 3.63) is 91.4 Å². The molecular formula is C25H24Br2N2O3. The summed E-state index contributed by atoms with van der Waals surface area (Å²) < 4.78 is 7.12. The highest BCUT2D eigenvalue weighted by atomic mass is 79.9. The summed E-state index contributed by atoms with van der Waals surface area (Å²) in [6, 6.07) is 16.9. The fraction of sp³-hybridized carbons (Fsp3) is 0.200. The molecule has 2 N–H and O–H groups in total. The van der Waals surface area contributed by atoms with Crippen LogP contribution in [0.5, 0.6) is 11.5 Å². The number of hydrazone groups is 1. The highest BCUT2D eigenvalue weighted by molar-refractivity contribution is 9.11. The standard InChI is InChI=1S/C25H24Br2N2O3/c1-15(2)20-9-4-16(3)10-23(20)32-14-17-5-7-19(8-6-17)25(31)29-28-13-18-11-21(26)24(30)22(27)12-18/h4-13,15,30H,14H2,1-3H3,(H,29,31). The van der Waals surface area contributed by atoms with Gasteiger partial charge in [-0.2, -0.15) is 5.10 Å². The average Bonchev–Trinajstić information content (AvgIpc) is 2.76. The van der Waals surface area contributed by atoms with Crippen molar-refractivity contribution < 1.29 is 14.6 Å². The van der Waals surface area contributed by atoms with Crippen molar-refractivity contribution in [1.29, 1.82) is 0 Å². The fourth-order valence-corrected chi connectivity index (χ4v) is 4.27. The number of benzene rings is 3. The van der Waals surface area contributed by atoms with Crippen molar-refractivity contribution in [1.82, 2.24) is 5.43 Å². The van der Waals surface area contributed by atoms with E-state index in [1.807, 2.05) is 19.1 Å².